The summed E-state index contributed by atoms with van der Waals surface area (Å²) >= 11 is 1.47. The number of thiazole rings is 1. The van der Waals surface area contributed by atoms with Gasteiger partial charge in [-0.2, -0.15) is 13.2 Å². The number of benzene rings is 2. The number of halogens is 3. The lowest BCUT2D eigenvalue weighted by atomic mass is 10.1. The Morgan fingerprint density at radius 3 is 2.33 bits per heavy atom. The molecule has 1 saturated heterocycles. The molecule has 1 aromatic heterocycles. The number of alkyl halides is 3. The van der Waals surface area contributed by atoms with Crippen LogP contribution in [0.1, 0.15) is 16.8 Å². The minimum Gasteiger partial charge on any atom is -0.326 e. The van der Waals surface area contributed by atoms with Gasteiger partial charge in [-0.25, -0.2) is 4.98 Å². The molecule has 4 rings (SSSR count). The third-order valence-corrected chi connectivity index (χ3v) is 6.53. The van der Waals surface area contributed by atoms with Gasteiger partial charge in [0, 0.05) is 49.4 Å². The summed E-state index contributed by atoms with van der Waals surface area (Å²) in [6.45, 7) is 5.26. The number of carbonyl (C=O) groups is 1. The minimum atomic E-state index is -4.40. The molecule has 33 heavy (non-hydrogen) atoms. The van der Waals surface area contributed by atoms with E-state index in [2.05, 4.69) is 51.4 Å². The van der Waals surface area contributed by atoms with Gasteiger partial charge in [0.05, 0.1) is 17.7 Å². The molecule has 3 aromatic rings. The first-order chi connectivity index (χ1) is 15.8. The van der Waals surface area contributed by atoms with E-state index < -0.39 is 11.7 Å². The standard InChI is InChI=1S/C24H25F3N4OS/c1-30-10-12-31(13-11-30)15-17-2-4-18(5-3-17)23-29-21(16-33-23)14-22(32)28-20-8-6-19(7-9-20)24(25,26)27/h2-9,16H,10-15H2,1H3,(H,28,32). The molecule has 0 bridgehead atoms. The van der Waals surface area contributed by atoms with Crippen molar-refractivity contribution in [3.8, 4) is 10.6 Å². The number of anilines is 1. The quantitative estimate of drug-likeness (QED) is 0.560. The highest BCUT2D eigenvalue weighted by Gasteiger charge is 2.30. The van der Waals surface area contributed by atoms with Gasteiger partial charge >= 0.3 is 6.18 Å². The Bertz CT molecular complexity index is 1070. The summed E-state index contributed by atoms with van der Waals surface area (Å²) in [6.07, 6.45) is -4.35. The fraction of sp³-hybridized carbons (Fsp3) is 0.333. The van der Waals surface area contributed by atoms with E-state index in [1.54, 1.807) is 0 Å². The molecule has 0 unspecified atom stereocenters. The van der Waals surface area contributed by atoms with Crippen LogP contribution in [0.4, 0.5) is 18.9 Å². The van der Waals surface area contributed by atoms with Crippen molar-refractivity contribution >= 4 is 22.9 Å². The Labute approximate surface area is 194 Å². The third kappa shape index (κ3) is 6.40. The van der Waals surface area contributed by atoms with Crippen LogP contribution in [0.3, 0.4) is 0 Å². The van der Waals surface area contributed by atoms with Crippen LogP contribution in [0.15, 0.2) is 53.9 Å². The Kier molecular flexibility index (Phi) is 7.11. The van der Waals surface area contributed by atoms with Crippen LogP contribution >= 0.6 is 11.3 Å². The van der Waals surface area contributed by atoms with Crippen molar-refractivity contribution in [1.29, 1.82) is 0 Å². The Balaban J connectivity index is 1.31. The predicted molar refractivity (Wildman–Crippen MR) is 124 cm³/mol. The molecule has 1 N–H and O–H groups in total. The first-order valence-electron chi connectivity index (χ1n) is 10.7. The molecule has 0 spiro atoms. The van der Waals surface area contributed by atoms with E-state index in [0.717, 1.165) is 55.4 Å². The summed E-state index contributed by atoms with van der Waals surface area (Å²) in [5, 5.41) is 5.28. The SMILES string of the molecule is CN1CCN(Cc2ccc(-c3nc(CC(=O)Nc4ccc(C(F)(F)F)cc4)cs3)cc2)CC1. The van der Waals surface area contributed by atoms with Gasteiger partial charge in [0.25, 0.3) is 0 Å². The maximum Gasteiger partial charge on any atom is 0.416 e. The molecular weight excluding hydrogens is 449 g/mol. The number of rotatable bonds is 6. The first-order valence-corrected chi connectivity index (χ1v) is 11.6. The van der Waals surface area contributed by atoms with Crippen molar-refractivity contribution in [2.24, 2.45) is 0 Å². The van der Waals surface area contributed by atoms with Gasteiger partial charge in [-0.05, 0) is 36.9 Å². The highest BCUT2D eigenvalue weighted by atomic mass is 32.1. The number of nitrogens with zero attached hydrogens (tertiary/aromatic N) is 3. The molecule has 2 heterocycles. The normalized spacial score (nSPS) is 15.5. The third-order valence-electron chi connectivity index (χ3n) is 5.59. The lowest BCUT2D eigenvalue weighted by Crippen LogP contribution is -2.43. The minimum absolute atomic E-state index is 0.0546. The molecule has 0 atom stereocenters. The average molecular weight is 475 g/mol. The van der Waals surface area contributed by atoms with E-state index in [9.17, 15) is 18.0 Å². The largest absolute Gasteiger partial charge is 0.416 e. The lowest BCUT2D eigenvalue weighted by Gasteiger charge is -2.32. The van der Waals surface area contributed by atoms with Crippen LogP contribution in [0.5, 0.6) is 0 Å². The zero-order valence-electron chi connectivity index (χ0n) is 18.2. The molecule has 1 amide bonds. The molecule has 0 radical (unpaired) electrons. The van der Waals surface area contributed by atoms with E-state index in [0.29, 0.717) is 11.4 Å². The predicted octanol–water partition coefficient (Wildman–Crippen LogP) is 4.76. The van der Waals surface area contributed by atoms with Crippen molar-refractivity contribution in [3.05, 3.63) is 70.7 Å². The van der Waals surface area contributed by atoms with Crippen LogP contribution in [0.2, 0.25) is 0 Å². The molecular formula is C24H25F3N4OS. The second kappa shape index (κ2) is 10.0. The highest BCUT2D eigenvalue weighted by molar-refractivity contribution is 7.13. The molecule has 1 aliphatic heterocycles. The molecule has 5 nitrogen and oxygen atoms in total. The first kappa shape index (κ1) is 23.4. The summed E-state index contributed by atoms with van der Waals surface area (Å²) in [6, 6.07) is 12.7. The zero-order chi connectivity index (χ0) is 23.4. The summed E-state index contributed by atoms with van der Waals surface area (Å²) in [5.74, 6) is -0.325. The number of aromatic nitrogens is 1. The van der Waals surface area contributed by atoms with Gasteiger partial charge < -0.3 is 10.2 Å². The van der Waals surface area contributed by atoms with Gasteiger partial charge in [-0.1, -0.05) is 24.3 Å². The van der Waals surface area contributed by atoms with Crippen LogP contribution in [0, 0.1) is 0 Å². The Morgan fingerprint density at radius 1 is 1.03 bits per heavy atom. The number of carbonyl (C=O) groups excluding carboxylic acids is 1. The molecule has 0 aliphatic carbocycles. The van der Waals surface area contributed by atoms with E-state index >= 15 is 0 Å². The van der Waals surface area contributed by atoms with Crippen molar-refractivity contribution in [3.63, 3.8) is 0 Å². The van der Waals surface area contributed by atoms with Crippen LogP contribution in [-0.2, 0) is 23.9 Å². The molecule has 2 aromatic carbocycles. The van der Waals surface area contributed by atoms with E-state index in [1.165, 1.54) is 29.0 Å². The topological polar surface area (TPSA) is 48.5 Å². The fourth-order valence-electron chi connectivity index (χ4n) is 3.65. The molecule has 174 valence electrons. The summed E-state index contributed by atoms with van der Waals surface area (Å²) < 4.78 is 38.0. The number of amides is 1. The number of hydrogen-bond acceptors (Lipinski definition) is 5. The second-order valence-corrected chi connectivity index (χ2v) is 9.08. The van der Waals surface area contributed by atoms with Gasteiger partial charge in [-0.3, -0.25) is 9.69 Å². The summed E-state index contributed by atoms with van der Waals surface area (Å²) in [5.41, 5.74) is 2.45. The fourth-order valence-corrected chi connectivity index (χ4v) is 4.48. The number of piperazine rings is 1. The van der Waals surface area contributed by atoms with Gasteiger partial charge in [0.2, 0.25) is 5.91 Å². The summed E-state index contributed by atoms with van der Waals surface area (Å²) in [7, 11) is 2.15. The lowest BCUT2D eigenvalue weighted by molar-refractivity contribution is -0.137. The maximum atomic E-state index is 12.7. The monoisotopic (exact) mass is 474 g/mol. The van der Waals surface area contributed by atoms with Gasteiger partial charge in [0.1, 0.15) is 5.01 Å². The highest BCUT2D eigenvalue weighted by Crippen LogP contribution is 2.30. The van der Waals surface area contributed by atoms with Crippen LogP contribution < -0.4 is 5.32 Å². The van der Waals surface area contributed by atoms with Crippen LogP contribution in [0.25, 0.3) is 10.6 Å². The molecule has 1 fully saturated rings. The summed E-state index contributed by atoms with van der Waals surface area (Å²) in [4.78, 5) is 21.6. The second-order valence-electron chi connectivity index (χ2n) is 8.22. The van der Waals surface area contributed by atoms with Crippen molar-refractivity contribution in [2.45, 2.75) is 19.1 Å². The number of nitrogens with one attached hydrogen (secondary N) is 1. The van der Waals surface area contributed by atoms with E-state index in [1.807, 2.05) is 5.38 Å². The van der Waals surface area contributed by atoms with E-state index in [4.69, 9.17) is 0 Å². The van der Waals surface area contributed by atoms with Gasteiger partial charge in [0.15, 0.2) is 0 Å². The number of likely N-dealkylation sites (N-methyl/N-ethyl adjacent to an activating group) is 1. The van der Waals surface area contributed by atoms with Gasteiger partial charge in [-0.15, -0.1) is 11.3 Å². The smallest absolute Gasteiger partial charge is 0.326 e. The molecule has 9 heteroatoms. The van der Waals surface area contributed by atoms with Crippen molar-refractivity contribution in [2.75, 3.05) is 38.5 Å². The Hall–Kier alpha value is -2.75. The zero-order valence-corrected chi connectivity index (χ0v) is 19.0. The van der Waals surface area contributed by atoms with Crippen LogP contribution in [-0.4, -0.2) is 53.9 Å². The van der Waals surface area contributed by atoms with Crippen molar-refractivity contribution < 1.29 is 18.0 Å². The maximum absolute atomic E-state index is 12.7. The average Bonchev–Trinajstić information content (AvgIpc) is 3.24. The number of hydrogen-bond donors (Lipinski definition) is 1. The molecule has 0 saturated carbocycles. The molecule has 1 aliphatic rings. The Morgan fingerprint density at radius 2 is 1.70 bits per heavy atom. The van der Waals surface area contributed by atoms with Crippen molar-refractivity contribution in [1.82, 2.24) is 14.8 Å². The van der Waals surface area contributed by atoms with E-state index in [-0.39, 0.29) is 12.3 Å².